The molecule has 0 saturated carbocycles. The van der Waals surface area contributed by atoms with Crippen molar-refractivity contribution in [3.05, 3.63) is 34.3 Å². The van der Waals surface area contributed by atoms with Crippen LogP contribution in [0.3, 0.4) is 0 Å². The van der Waals surface area contributed by atoms with Crippen molar-refractivity contribution in [1.82, 2.24) is 15.5 Å². The Labute approximate surface area is 136 Å². The minimum absolute atomic E-state index is 0.0111. The van der Waals surface area contributed by atoms with Crippen LogP contribution >= 0.6 is 11.6 Å². The number of urea groups is 1. The molecule has 5 nitrogen and oxygen atoms in total. The maximum absolute atomic E-state index is 12.4. The molecule has 0 radical (unpaired) electrons. The number of aryl methyl sites for hydroxylation is 1. The number of carbonyl (C=O) groups excluding carboxylic acids is 2. The third kappa shape index (κ3) is 3.91. The van der Waals surface area contributed by atoms with E-state index in [1.807, 2.05) is 32.0 Å². The third-order valence-corrected chi connectivity index (χ3v) is 4.09. The Balaban J connectivity index is 1.99. The fraction of sp³-hybridized carbons (Fsp3) is 0.500. The lowest BCUT2D eigenvalue weighted by molar-refractivity contribution is -0.121. The van der Waals surface area contributed by atoms with Gasteiger partial charge in [-0.1, -0.05) is 17.7 Å². The zero-order valence-corrected chi connectivity index (χ0v) is 13.7. The van der Waals surface area contributed by atoms with Crippen LogP contribution in [-0.4, -0.2) is 36.5 Å². The lowest BCUT2D eigenvalue weighted by atomic mass is 10.1. The molecule has 0 fully saturated rings. The van der Waals surface area contributed by atoms with Crippen LogP contribution in [-0.2, 0) is 11.2 Å². The van der Waals surface area contributed by atoms with Crippen molar-refractivity contribution in [2.24, 2.45) is 0 Å². The molecule has 6 heteroatoms. The highest BCUT2D eigenvalue weighted by molar-refractivity contribution is 6.30. The summed E-state index contributed by atoms with van der Waals surface area (Å²) in [6.07, 6.45) is 1.77. The SMILES string of the molecule is CCNC(=O)CN(CC)C(=O)NC1CCc2cc(Cl)ccc21. The average Bonchev–Trinajstić information content (AvgIpc) is 2.87. The van der Waals surface area contributed by atoms with E-state index < -0.39 is 0 Å². The topological polar surface area (TPSA) is 61.4 Å². The first kappa shape index (κ1) is 16.6. The number of hydrogen-bond acceptors (Lipinski definition) is 2. The lowest BCUT2D eigenvalue weighted by Gasteiger charge is -2.23. The Kier molecular flexibility index (Phi) is 5.66. The minimum atomic E-state index is -0.207. The molecule has 0 spiro atoms. The molecule has 120 valence electrons. The molecule has 1 aromatic rings. The number of amides is 3. The maximum Gasteiger partial charge on any atom is 0.318 e. The molecule has 3 amide bonds. The molecule has 1 atom stereocenters. The number of fused-ring (bicyclic) bond motifs is 1. The second-order valence-electron chi connectivity index (χ2n) is 5.35. The molecule has 0 aromatic heterocycles. The van der Waals surface area contributed by atoms with Crippen molar-refractivity contribution in [1.29, 1.82) is 0 Å². The molecule has 22 heavy (non-hydrogen) atoms. The van der Waals surface area contributed by atoms with Crippen LogP contribution in [0, 0.1) is 0 Å². The van der Waals surface area contributed by atoms with Crippen LogP contribution in [0.2, 0.25) is 5.02 Å². The van der Waals surface area contributed by atoms with Crippen molar-refractivity contribution < 1.29 is 9.59 Å². The number of rotatable bonds is 5. The first-order valence-electron chi connectivity index (χ1n) is 7.65. The average molecular weight is 324 g/mol. The summed E-state index contributed by atoms with van der Waals surface area (Å²) in [5.41, 5.74) is 2.30. The fourth-order valence-corrected chi connectivity index (χ4v) is 2.92. The third-order valence-electron chi connectivity index (χ3n) is 3.86. The van der Waals surface area contributed by atoms with Gasteiger partial charge in [0.2, 0.25) is 5.91 Å². The van der Waals surface area contributed by atoms with Crippen molar-refractivity contribution in [3.8, 4) is 0 Å². The van der Waals surface area contributed by atoms with Crippen LogP contribution in [0.15, 0.2) is 18.2 Å². The van der Waals surface area contributed by atoms with Gasteiger partial charge in [0.05, 0.1) is 6.04 Å². The van der Waals surface area contributed by atoms with E-state index >= 15 is 0 Å². The van der Waals surface area contributed by atoms with Gasteiger partial charge in [-0.3, -0.25) is 4.79 Å². The summed E-state index contributed by atoms with van der Waals surface area (Å²) in [5.74, 6) is -0.141. The van der Waals surface area contributed by atoms with Gasteiger partial charge in [0.1, 0.15) is 6.54 Å². The number of nitrogens with zero attached hydrogens (tertiary/aromatic N) is 1. The van der Waals surface area contributed by atoms with E-state index in [0.717, 1.165) is 23.4 Å². The molecule has 2 rings (SSSR count). The molecule has 2 N–H and O–H groups in total. The van der Waals surface area contributed by atoms with Gasteiger partial charge in [-0.05, 0) is 49.9 Å². The fourth-order valence-electron chi connectivity index (χ4n) is 2.73. The predicted octanol–water partition coefficient (Wildman–Crippen LogP) is 2.49. The molecule has 1 aliphatic carbocycles. The van der Waals surface area contributed by atoms with Crippen LogP contribution < -0.4 is 10.6 Å². The second kappa shape index (κ2) is 7.49. The van der Waals surface area contributed by atoms with E-state index in [2.05, 4.69) is 10.6 Å². The summed E-state index contributed by atoms with van der Waals surface area (Å²) >= 11 is 6.00. The highest BCUT2D eigenvalue weighted by Crippen LogP contribution is 2.32. The zero-order chi connectivity index (χ0) is 16.1. The molecule has 0 aliphatic heterocycles. The normalized spacial score (nSPS) is 16.0. The van der Waals surface area contributed by atoms with Crippen LogP contribution in [0.1, 0.15) is 37.4 Å². The predicted molar refractivity (Wildman–Crippen MR) is 87.0 cm³/mol. The Hall–Kier alpha value is -1.75. The quantitative estimate of drug-likeness (QED) is 0.874. The molecular weight excluding hydrogens is 302 g/mol. The number of carbonyl (C=O) groups is 2. The van der Waals surface area contributed by atoms with E-state index in [9.17, 15) is 9.59 Å². The highest BCUT2D eigenvalue weighted by Gasteiger charge is 2.26. The van der Waals surface area contributed by atoms with Gasteiger partial charge in [-0.2, -0.15) is 0 Å². The van der Waals surface area contributed by atoms with E-state index in [-0.39, 0.29) is 24.5 Å². The minimum Gasteiger partial charge on any atom is -0.355 e. The van der Waals surface area contributed by atoms with E-state index in [1.165, 1.54) is 10.5 Å². The maximum atomic E-state index is 12.4. The molecule has 0 bridgehead atoms. The van der Waals surface area contributed by atoms with E-state index in [1.54, 1.807) is 0 Å². The van der Waals surface area contributed by atoms with Gasteiger partial charge in [0.25, 0.3) is 0 Å². The first-order valence-corrected chi connectivity index (χ1v) is 8.03. The van der Waals surface area contributed by atoms with Gasteiger partial charge >= 0.3 is 6.03 Å². The summed E-state index contributed by atoms with van der Waals surface area (Å²) in [7, 11) is 0. The smallest absolute Gasteiger partial charge is 0.318 e. The van der Waals surface area contributed by atoms with Crippen LogP contribution in [0.4, 0.5) is 4.79 Å². The van der Waals surface area contributed by atoms with Gasteiger partial charge in [0, 0.05) is 18.1 Å². The molecule has 0 heterocycles. The Morgan fingerprint density at radius 3 is 2.82 bits per heavy atom. The molecule has 1 aromatic carbocycles. The van der Waals surface area contributed by atoms with Crippen molar-refractivity contribution in [3.63, 3.8) is 0 Å². The molecule has 1 unspecified atom stereocenters. The summed E-state index contributed by atoms with van der Waals surface area (Å²) in [6, 6.07) is 5.55. The van der Waals surface area contributed by atoms with Gasteiger partial charge < -0.3 is 15.5 Å². The summed E-state index contributed by atoms with van der Waals surface area (Å²) in [5, 5.41) is 6.44. The van der Waals surface area contributed by atoms with E-state index in [0.29, 0.717) is 13.1 Å². The van der Waals surface area contributed by atoms with E-state index in [4.69, 9.17) is 11.6 Å². The Morgan fingerprint density at radius 1 is 1.36 bits per heavy atom. The number of nitrogens with one attached hydrogen (secondary N) is 2. The van der Waals surface area contributed by atoms with Crippen molar-refractivity contribution in [2.75, 3.05) is 19.6 Å². The molecule has 1 aliphatic rings. The Bertz CT molecular complexity index is 562. The first-order chi connectivity index (χ1) is 10.5. The van der Waals surface area contributed by atoms with Gasteiger partial charge in [-0.15, -0.1) is 0 Å². The Morgan fingerprint density at radius 2 is 2.14 bits per heavy atom. The standard InChI is InChI=1S/C16H22ClN3O2/c1-3-18-15(21)10-20(4-2)16(22)19-14-8-5-11-9-12(17)6-7-13(11)14/h6-7,9,14H,3-5,8,10H2,1-2H3,(H,18,21)(H,19,22). The zero-order valence-electron chi connectivity index (χ0n) is 13.0. The van der Waals surface area contributed by atoms with Crippen molar-refractivity contribution in [2.45, 2.75) is 32.7 Å². The highest BCUT2D eigenvalue weighted by atomic mass is 35.5. The number of hydrogen-bond donors (Lipinski definition) is 2. The largest absolute Gasteiger partial charge is 0.355 e. The van der Waals surface area contributed by atoms with Crippen LogP contribution in [0.25, 0.3) is 0 Å². The second-order valence-corrected chi connectivity index (χ2v) is 5.79. The summed E-state index contributed by atoms with van der Waals surface area (Å²) < 4.78 is 0. The number of likely N-dealkylation sites (N-methyl/N-ethyl adjacent to an activating group) is 2. The van der Waals surface area contributed by atoms with Crippen molar-refractivity contribution >= 4 is 23.5 Å². The molecule has 0 saturated heterocycles. The monoisotopic (exact) mass is 323 g/mol. The summed E-state index contributed by atoms with van der Waals surface area (Å²) in [4.78, 5) is 25.5. The molecular formula is C16H22ClN3O2. The summed E-state index contributed by atoms with van der Waals surface area (Å²) in [6.45, 7) is 4.85. The number of halogens is 1. The van der Waals surface area contributed by atoms with Gasteiger partial charge in [-0.25, -0.2) is 4.79 Å². The van der Waals surface area contributed by atoms with Crippen LogP contribution in [0.5, 0.6) is 0 Å². The van der Waals surface area contributed by atoms with Gasteiger partial charge in [0.15, 0.2) is 0 Å². The lowest BCUT2D eigenvalue weighted by Crippen LogP contribution is -2.46. The number of benzene rings is 1.